The number of fused-ring (bicyclic) bond motifs is 1. The number of anilines is 4. The Morgan fingerprint density at radius 1 is 1.00 bits per heavy atom. The Morgan fingerprint density at radius 3 is 2.42 bits per heavy atom. The number of hydrogen-bond acceptors (Lipinski definition) is 4. The zero-order valence-corrected chi connectivity index (χ0v) is 10.2. The van der Waals surface area contributed by atoms with Crippen molar-refractivity contribution in [2.45, 2.75) is 0 Å². The van der Waals surface area contributed by atoms with E-state index in [0.29, 0.717) is 22.8 Å². The third kappa shape index (κ3) is 1.95. The normalized spacial score (nSPS) is 13.9. The van der Waals surface area contributed by atoms with Gasteiger partial charge in [0.25, 0.3) is 5.91 Å². The molecule has 5 nitrogen and oxygen atoms in total. The van der Waals surface area contributed by atoms with Crippen LogP contribution < -0.4 is 21.1 Å². The molecule has 0 saturated heterocycles. The fraction of sp³-hybridized carbons (Fsp3) is 0.0714. The Hall–Kier alpha value is -2.69. The summed E-state index contributed by atoms with van der Waals surface area (Å²) in [5.41, 5.74) is 14.1. The van der Waals surface area contributed by atoms with Gasteiger partial charge in [0.05, 0.1) is 5.69 Å². The van der Waals surface area contributed by atoms with Crippen molar-refractivity contribution in [2.75, 3.05) is 23.0 Å². The standard InChI is InChI=1S/C14H13N3O2/c15-9-1-4-11(5-2-9)17-12-7-10(16)3-6-13(12)19-8-14(17)18/h1-7H,8,15-16H2. The molecule has 0 saturated carbocycles. The summed E-state index contributed by atoms with van der Waals surface area (Å²) in [5, 5.41) is 0. The first-order valence-electron chi connectivity index (χ1n) is 5.86. The van der Waals surface area contributed by atoms with Gasteiger partial charge >= 0.3 is 0 Å². The van der Waals surface area contributed by atoms with Crippen molar-refractivity contribution in [3.8, 4) is 5.75 Å². The van der Waals surface area contributed by atoms with E-state index in [1.165, 1.54) is 0 Å². The second-order valence-corrected chi connectivity index (χ2v) is 4.34. The van der Waals surface area contributed by atoms with E-state index < -0.39 is 0 Å². The molecular formula is C14H13N3O2. The molecule has 5 heteroatoms. The van der Waals surface area contributed by atoms with E-state index in [2.05, 4.69) is 0 Å². The molecule has 4 N–H and O–H groups in total. The molecule has 2 aromatic rings. The van der Waals surface area contributed by atoms with Gasteiger partial charge in [-0.25, -0.2) is 0 Å². The molecule has 3 rings (SSSR count). The average molecular weight is 255 g/mol. The summed E-state index contributed by atoms with van der Waals surface area (Å²) >= 11 is 0. The van der Waals surface area contributed by atoms with Crippen molar-refractivity contribution in [1.29, 1.82) is 0 Å². The van der Waals surface area contributed by atoms with Crippen molar-refractivity contribution in [2.24, 2.45) is 0 Å². The maximum atomic E-state index is 12.1. The van der Waals surface area contributed by atoms with Gasteiger partial charge in [0.15, 0.2) is 6.61 Å². The van der Waals surface area contributed by atoms with Gasteiger partial charge in [-0.05, 0) is 42.5 Å². The zero-order valence-electron chi connectivity index (χ0n) is 10.2. The Bertz CT molecular complexity index is 638. The predicted molar refractivity (Wildman–Crippen MR) is 74.3 cm³/mol. The van der Waals surface area contributed by atoms with Gasteiger partial charge in [-0.3, -0.25) is 9.69 Å². The van der Waals surface area contributed by atoms with Gasteiger partial charge in [0, 0.05) is 17.1 Å². The molecule has 0 aliphatic carbocycles. The molecular weight excluding hydrogens is 242 g/mol. The van der Waals surface area contributed by atoms with Gasteiger partial charge in [-0.2, -0.15) is 0 Å². The molecule has 0 fully saturated rings. The van der Waals surface area contributed by atoms with Crippen molar-refractivity contribution >= 4 is 28.7 Å². The van der Waals surface area contributed by atoms with Crippen molar-refractivity contribution in [3.63, 3.8) is 0 Å². The lowest BCUT2D eigenvalue weighted by Gasteiger charge is -2.29. The maximum absolute atomic E-state index is 12.1. The number of amides is 1. The number of benzene rings is 2. The summed E-state index contributed by atoms with van der Waals surface area (Å²) in [6, 6.07) is 12.3. The van der Waals surface area contributed by atoms with E-state index in [9.17, 15) is 4.79 Å². The molecule has 0 spiro atoms. The summed E-state index contributed by atoms with van der Waals surface area (Å²) < 4.78 is 5.39. The summed E-state index contributed by atoms with van der Waals surface area (Å²) in [4.78, 5) is 13.7. The van der Waals surface area contributed by atoms with Gasteiger partial charge in [0.2, 0.25) is 0 Å². The molecule has 0 unspecified atom stereocenters. The number of ether oxygens (including phenoxy) is 1. The summed E-state index contributed by atoms with van der Waals surface area (Å²) in [7, 11) is 0. The molecule has 96 valence electrons. The van der Waals surface area contributed by atoms with Crippen LogP contribution in [0.3, 0.4) is 0 Å². The zero-order chi connectivity index (χ0) is 13.4. The number of rotatable bonds is 1. The Morgan fingerprint density at radius 2 is 1.68 bits per heavy atom. The highest BCUT2D eigenvalue weighted by molar-refractivity contribution is 6.04. The van der Waals surface area contributed by atoms with Gasteiger partial charge in [0.1, 0.15) is 5.75 Å². The molecule has 0 bridgehead atoms. The molecule has 1 aliphatic heterocycles. The third-order valence-electron chi connectivity index (χ3n) is 2.98. The van der Waals surface area contributed by atoms with E-state index in [1.807, 2.05) is 0 Å². The van der Waals surface area contributed by atoms with E-state index in [4.69, 9.17) is 16.2 Å². The molecule has 19 heavy (non-hydrogen) atoms. The SMILES string of the molecule is Nc1ccc(N2C(=O)COc3ccc(N)cc32)cc1. The molecule has 1 aliphatic rings. The van der Waals surface area contributed by atoms with Crippen molar-refractivity contribution < 1.29 is 9.53 Å². The lowest BCUT2D eigenvalue weighted by atomic mass is 10.1. The molecule has 0 aromatic heterocycles. The highest BCUT2D eigenvalue weighted by Crippen LogP contribution is 2.38. The summed E-state index contributed by atoms with van der Waals surface area (Å²) in [6.45, 7) is 0.0152. The number of carbonyl (C=O) groups is 1. The highest BCUT2D eigenvalue weighted by Gasteiger charge is 2.26. The lowest BCUT2D eigenvalue weighted by Crippen LogP contribution is -2.35. The van der Waals surface area contributed by atoms with Crippen LogP contribution in [0.5, 0.6) is 5.75 Å². The van der Waals surface area contributed by atoms with Crippen molar-refractivity contribution in [1.82, 2.24) is 0 Å². The van der Waals surface area contributed by atoms with Crippen LogP contribution >= 0.6 is 0 Å². The van der Waals surface area contributed by atoms with Gasteiger partial charge in [-0.15, -0.1) is 0 Å². The summed E-state index contributed by atoms with van der Waals surface area (Å²) in [5.74, 6) is 0.508. The van der Waals surface area contributed by atoms with Crippen molar-refractivity contribution in [3.05, 3.63) is 42.5 Å². The van der Waals surface area contributed by atoms with Crippen LogP contribution in [0.15, 0.2) is 42.5 Å². The monoisotopic (exact) mass is 255 g/mol. The second kappa shape index (κ2) is 4.20. The molecule has 0 atom stereocenters. The van der Waals surface area contributed by atoms with E-state index in [1.54, 1.807) is 47.4 Å². The predicted octanol–water partition coefficient (Wildman–Crippen LogP) is 1.91. The first-order chi connectivity index (χ1) is 9.15. The first-order valence-corrected chi connectivity index (χ1v) is 5.86. The second-order valence-electron chi connectivity index (χ2n) is 4.34. The minimum atomic E-state index is -0.136. The Kier molecular flexibility index (Phi) is 2.52. The number of nitrogens with two attached hydrogens (primary N) is 2. The number of carbonyl (C=O) groups excluding carboxylic acids is 1. The number of nitrogen functional groups attached to an aromatic ring is 2. The lowest BCUT2D eigenvalue weighted by molar-refractivity contribution is -0.120. The van der Waals surface area contributed by atoms with Crippen LogP contribution in [0.25, 0.3) is 0 Å². The Balaban J connectivity index is 2.12. The fourth-order valence-corrected chi connectivity index (χ4v) is 2.08. The third-order valence-corrected chi connectivity index (χ3v) is 2.98. The summed E-state index contributed by atoms with van der Waals surface area (Å²) in [6.07, 6.45) is 0. The highest BCUT2D eigenvalue weighted by atomic mass is 16.5. The van der Waals surface area contributed by atoms with Crippen LogP contribution in [-0.2, 0) is 4.79 Å². The number of hydrogen-bond donors (Lipinski definition) is 2. The van der Waals surface area contributed by atoms with Crippen LogP contribution in [0.1, 0.15) is 0 Å². The quantitative estimate of drug-likeness (QED) is 0.762. The van der Waals surface area contributed by atoms with Gasteiger partial charge < -0.3 is 16.2 Å². The van der Waals surface area contributed by atoms with Crippen LogP contribution in [0, 0.1) is 0 Å². The fourth-order valence-electron chi connectivity index (χ4n) is 2.08. The van der Waals surface area contributed by atoms with Crippen LogP contribution in [-0.4, -0.2) is 12.5 Å². The minimum Gasteiger partial charge on any atom is -0.482 e. The van der Waals surface area contributed by atoms with Crippen LogP contribution in [0.2, 0.25) is 0 Å². The average Bonchev–Trinajstić information content (AvgIpc) is 2.40. The van der Waals surface area contributed by atoms with E-state index in [-0.39, 0.29) is 12.5 Å². The molecule has 1 amide bonds. The number of nitrogens with zero attached hydrogens (tertiary/aromatic N) is 1. The molecule has 1 heterocycles. The smallest absolute Gasteiger partial charge is 0.269 e. The minimum absolute atomic E-state index is 0.0152. The molecule has 0 radical (unpaired) electrons. The van der Waals surface area contributed by atoms with Gasteiger partial charge in [-0.1, -0.05) is 0 Å². The first kappa shape index (κ1) is 11.4. The largest absolute Gasteiger partial charge is 0.482 e. The van der Waals surface area contributed by atoms with Crippen LogP contribution in [0.4, 0.5) is 22.7 Å². The van der Waals surface area contributed by atoms with E-state index in [0.717, 1.165) is 5.69 Å². The van der Waals surface area contributed by atoms with E-state index >= 15 is 0 Å². The topological polar surface area (TPSA) is 81.6 Å². The maximum Gasteiger partial charge on any atom is 0.269 e. The Labute approximate surface area is 110 Å². The molecule has 2 aromatic carbocycles.